The molecule has 4 aliphatic rings. The summed E-state index contributed by atoms with van der Waals surface area (Å²) in [6.45, 7) is 10.4. The molecule has 1 spiro atoms. The summed E-state index contributed by atoms with van der Waals surface area (Å²) in [4.78, 5) is 79.0. The van der Waals surface area contributed by atoms with Crippen molar-refractivity contribution in [1.29, 1.82) is 0 Å². The van der Waals surface area contributed by atoms with Gasteiger partial charge in [0.15, 0.2) is 0 Å². The molecule has 0 unspecified atom stereocenters. The summed E-state index contributed by atoms with van der Waals surface area (Å²) < 4.78 is 114. The zero-order valence-electron chi connectivity index (χ0n) is 56.9. The quantitative estimate of drug-likeness (QED) is 0.0411. The zero-order valence-corrected chi connectivity index (χ0v) is 56.9. The Kier molecular flexibility index (Phi) is 25.7. The van der Waals surface area contributed by atoms with E-state index in [2.05, 4.69) is 37.6 Å². The fourth-order valence-electron chi connectivity index (χ4n) is 13.4. The van der Waals surface area contributed by atoms with Crippen LogP contribution in [0, 0.1) is 5.82 Å². The van der Waals surface area contributed by atoms with Crippen LogP contribution in [0.25, 0.3) is 11.1 Å². The van der Waals surface area contributed by atoms with E-state index in [1.54, 1.807) is 36.2 Å². The molecule has 0 bridgehead atoms. The molecule has 3 fully saturated rings. The van der Waals surface area contributed by atoms with Gasteiger partial charge in [-0.2, -0.15) is 26.3 Å². The molecule has 4 heterocycles. The van der Waals surface area contributed by atoms with Gasteiger partial charge < -0.3 is 48.9 Å². The van der Waals surface area contributed by atoms with E-state index < -0.39 is 52.5 Å². The first kappa shape index (κ1) is 74.8. The molecule has 0 radical (unpaired) electrons. The maximum atomic E-state index is 14.0. The maximum absolute atomic E-state index is 14.0. The smallest absolute Gasteiger partial charge is 0.416 e. The Morgan fingerprint density at radius 3 is 2.02 bits per heavy atom. The number of pyridine rings is 1. The Labute approximate surface area is 574 Å². The van der Waals surface area contributed by atoms with Crippen molar-refractivity contribution in [3.8, 4) is 11.1 Å². The molecule has 1 aliphatic carbocycles. The van der Waals surface area contributed by atoms with E-state index in [1.807, 2.05) is 98.6 Å². The third-order valence-corrected chi connectivity index (χ3v) is 19.4. The second-order valence-corrected chi connectivity index (χ2v) is 26.1. The molecular weight excluding hydrogens is 1290 g/mol. The molecule has 24 heteroatoms. The van der Waals surface area contributed by atoms with Crippen molar-refractivity contribution in [2.75, 3.05) is 117 Å². The van der Waals surface area contributed by atoms with Crippen molar-refractivity contribution in [1.82, 2.24) is 34.4 Å². The van der Waals surface area contributed by atoms with Crippen molar-refractivity contribution < 1.29 is 68.9 Å². The number of para-hydroxylation sites is 1. The number of hydrogen-bond donors (Lipinski definition) is 2. The van der Waals surface area contributed by atoms with Gasteiger partial charge in [0.05, 0.1) is 35.0 Å². The molecule has 0 saturated carbocycles. The van der Waals surface area contributed by atoms with Gasteiger partial charge in [-0.15, -0.1) is 0 Å². The number of likely N-dealkylation sites (N-methyl/N-ethyl adjacent to an activating group) is 2. The molecule has 5 amide bonds. The van der Waals surface area contributed by atoms with E-state index in [1.165, 1.54) is 35.4 Å². The highest BCUT2D eigenvalue weighted by Crippen LogP contribution is 2.48. The number of benzene rings is 5. The highest BCUT2D eigenvalue weighted by Gasteiger charge is 2.50. The lowest BCUT2D eigenvalue weighted by molar-refractivity contribution is -0.143. The number of piperidine rings is 2. The topological polar surface area (TPSA) is 169 Å². The number of nitrogens with one attached hydrogen (secondary N) is 2. The molecule has 10 rings (SSSR count). The van der Waals surface area contributed by atoms with Gasteiger partial charge in [0.25, 0.3) is 11.8 Å². The van der Waals surface area contributed by atoms with Crippen LogP contribution in [-0.4, -0.2) is 183 Å². The van der Waals surface area contributed by atoms with Gasteiger partial charge in [-0.25, -0.2) is 14.2 Å². The molecule has 6 aromatic rings. The van der Waals surface area contributed by atoms with Crippen molar-refractivity contribution in [2.45, 2.75) is 120 Å². The standard InChI is InChI=1S/C39H42F7N3O4.C36H48N6O4/c1-3-15-47(2)34(50)23-52-33-21-26-6-4-5-7-32(26)36(33)12-16-48(17-13-36)18-14-37(28-8-10-31(40)11-9-28)24-49(25-53-37)35(51)27-19-29(38(41,42)43)22-30(20-27)39(44,45)46;1-4-40(2)35(44)29-18-19-33(38-27-29)37-22-12-6-9-17-34(43)41(3)25-26-42-23-20-30(21-24-42)46-36(45)39-32-16-11-10-15-31(32)28-13-7-5-8-14-28/h4-11,19-20,22,33H,3,12-18,21,23-25H2,1-2H3;5,7-8,10-11,13-16,18-19,27,30H,4,6,9,12,17,20-26H2,1-3H3,(H,37,38)(H,39,45)/t33-,37-;/m0./s1. The fraction of sp³-hybridized carbons (Fsp3) is 0.467. The second-order valence-electron chi connectivity index (χ2n) is 26.1. The summed E-state index contributed by atoms with van der Waals surface area (Å²) in [6.07, 6.45) is -1.20. The number of halogens is 7. The van der Waals surface area contributed by atoms with E-state index in [0.29, 0.717) is 81.8 Å². The number of anilines is 2. The summed E-state index contributed by atoms with van der Waals surface area (Å²) >= 11 is 0. The largest absolute Gasteiger partial charge is 0.446 e. The number of aromatic nitrogens is 1. The number of nitrogens with zero attached hydrogens (tertiary/aromatic N) is 7. The summed E-state index contributed by atoms with van der Waals surface area (Å²) in [5.41, 5.74) is 0.812. The molecule has 5 aromatic carbocycles. The highest BCUT2D eigenvalue weighted by atomic mass is 19.4. The lowest BCUT2D eigenvalue weighted by atomic mass is 9.72. The van der Waals surface area contributed by atoms with Crippen LogP contribution in [0.1, 0.15) is 127 Å². The van der Waals surface area contributed by atoms with E-state index in [9.17, 15) is 54.7 Å². The molecule has 3 saturated heterocycles. The van der Waals surface area contributed by atoms with Crippen molar-refractivity contribution in [3.05, 3.63) is 184 Å². The fourth-order valence-corrected chi connectivity index (χ4v) is 13.4. The molecular formula is C75H90F7N9O8. The lowest BCUT2D eigenvalue weighted by Gasteiger charge is -2.44. The minimum atomic E-state index is -5.11. The van der Waals surface area contributed by atoms with Gasteiger partial charge in [-0.3, -0.25) is 24.5 Å². The Bertz CT molecular complexity index is 3630. The molecule has 2 atom stereocenters. The average Bonchev–Trinajstić information content (AvgIpc) is 1.61. The summed E-state index contributed by atoms with van der Waals surface area (Å²) in [5, 5.41) is 6.21. The van der Waals surface area contributed by atoms with Gasteiger partial charge in [-0.05, 0) is 149 Å². The number of hydrogen-bond acceptors (Lipinski definition) is 12. The Morgan fingerprint density at radius 1 is 0.697 bits per heavy atom. The number of ether oxygens (including phenoxy) is 3. The van der Waals surface area contributed by atoms with Gasteiger partial charge >= 0.3 is 18.4 Å². The molecule has 99 heavy (non-hydrogen) atoms. The number of rotatable bonds is 25. The zero-order chi connectivity index (χ0) is 70.9. The molecule has 1 aromatic heterocycles. The first-order chi connectivity index (χ1) is 47.4. The maximum Gasteiger partial charge on any atom is 0.416 e. The van der Waals surface area contributed by atoms with Crippen molar-refractivity contribution >= 4 is 41.2 Å². The minimum absolute atomic E-state index is 0.00855. The van der Waals surface area contributed by atoms with Crippen LogP contribution in [0.4, 0.5) is 47.0 Å². The van der Waals surface area contributed by atoms with Crippen molar-refractivity contribution in [2.24, 2.45) is 0 Å². The third-order valence-electron chi connectivity index (χ3n) is 19.4. The summed E-state index contributed by atoms with van der Waals surface area (Å²) in [7, 11) is 5.41. The lowest BCUT2D eigenvalue weighted by Crippen LogP contribution is -2.50. The van der Waals surface area contributed by atoms with E-state index >= 15 is 0 Å². The summed E-state index contributed by atoms with van der Waals surface area (Å²) in [5.74, 6) is -0.746. The SMILES string of the molecule is CCCN(C)C(=O)CO[C@H]1Cc2ccccc2C12CCN(CC[C@@]1(c3ccc(F)cc3)CN(C(=O)c3cc(C(F)(F)F)cc(C(F)(F)F)c3)CO1)CC2.CCN(C)C(=O)c1ccc(NCCCCCC(=O)N(C)CCN2CCC(OC(=O)Nc3ccccc3-c3ccccc3)CC2)nc1. The van der Waals surface area contributed by atoms with E-state index in [0.717, 1.165) is 105 Å². The average molecular weight is 1380 g/mol. The number of carbonyl (C=O) groups excluding carboxylic acids is 5. The predicted molar refractivity (Wildman–Crippen MR) is 364 cm³/mol. The van der Waals surface area contributed by atoms with E-state index in [4.69, 9.17) is 14.2 Å². The van der Waals surface area contributed by atoms with Gasteiger partial charge in [0, 0.05) is 103 Å². The van der Waals surface area contributed by atoms with Crippen LogP contribution in [-0.2, 0) is 53.6 Å². The van der Waals surface area contributed by atoms with Crippen LogP contribution in [0.2, 0.25) is 0 Å². The molecule has 3 aliphatic heterocycles. The predicted octanol–water partition coefficient (Wildman–Crippen LogP) is 13.4. The first-order valence-electron chi connectivity index (χ1n) is 34.1. The number of unbranched alkanes of at least 4 members (excludes halogenated alkanes) is 2. The van der Waals surface area contributed by atoms with Crippen LogP contribution >= 0.6 is 0 Å². The van der Waals surface area contributed by atoms with Crippen LogP contribution in [0.15, 0.2) is 140 Å². The van der Waals surface area contributed by atoms with E-state index in [-0.39, 0.29) is 61.3 Å². The number of likely N-dealkylation sites (tertiary alicyclic amines) is 2. The molecule has 532 valence electrons. The first-order valence-corrected chi connectivity index (χ1v) is 34.1. The summed E-state index contributed by atoms with van der Waals surface area (Å²) in [6, 6.07) is 35.9. The normalized spacial score (nSPS) is 17.9. The highest BCUT2D eigenvalue weighted by molar-refractivity contribution is 5.95. The molecule has 17 nitrogen and oxygen atoms in total. The Balaban J connectivity index is 0.000000234. The monoisotopic (exact) mass is 1380 g/mol. The van der Waals surface area contributed by atoms with Gasteiger partial charge in [0.2, 0.25) is 11.8 Å². The minimum Gasteiger partial charge on any atom is -0.446 e. The number of carbonyl (C=O) groups is 5. The van der Waals surface area contributed by atoms with Crippen molar-refractivity contribution in [3.63, 3.8) is 0 Å². The number of amides is 5. The van der Waals surface area contributed by atoms with Gasteiger partial charge in [-0.1, -0.05) is 98.3 Å². The van der Waals surface area contributed by atoms with Crippen LogP contribution < -0.4 is 10.6 Å². The van der Waals surface area contributed by atoms with Crippen LogP contribution in [0.3, 0.4) is 0 Å². The molecule has 2 N–H and O–H groups in total. The van der Waals surface area contributed by atoms with Gasteiger partial charge in [0.1, 0.15) is 36.7 Å². The Hall–Kier alpha value is -8.45. The van der Waals surface area contributed by atoms with Crippen LogP contribution in [0.5, 0.6) is 0 Å². The Morgan fingerprint density at radius 2 is 1.35 bits per heavy atom. The second kappa shape index (κ2) is 34.1. The third kappa shape index (κ3) is 19.7. The number of fused-ring (bicyclic) bond motifs is 2. The number of alkyl halides is 6.